The van der Waals surface area contributed by atoms with Gasteiger partial charge in [0.05, 0.1) is 25.5 Å². The Balaban J connectivity index is 1.15. The number of morpholine rings is 1. The van der Waals surface area contributed by atoms with Crippen LogP contribution in [0.3, 0.4) is 0 Å². The van der Waals surface area contributed by atoms with Crippen molar-refractivity contribution in [1.29, 1.82) is 0 Å². The molecule has 196 valence electrons. The highest BCUT2D eigenvalue weighted by Crippen LogP contribution is 2.35. The van der Waals surface area contributed by atoms with Gasteiger partial charge in [0.15, 0.2) is 5.82 Å². The van der Waals surface area contributed by atoms with Gasteiger partial charge in [-0.15, -0.1) is 21.5 Å². The summed E-state index contributed by atoms with van der Waals surface area (Å²) in [6, 6.07) is 10.1. The first kappa shape index (κ1) is 25.9. The molecule has 1 saturated heterocycles. The molecule has 2 aliphatic rings. The van der Waals surface area contributed by atoms with Crippen LogP contribution < -0.4 is 0 Å². The summed E-state index contributed by atoms with van der Waals surface area (Å²) in [4.78, 5) is 20.0. The lowest BCUT2D eigenvalue weighted by atomic mass is 10.0. The van der Waals surface area contributed by atoms with Crippen LogP contribution in [0.4, 0.5) is 4.79 Å². The molecule has 0 spiro atoms. The number of rotatable bonds is 9. The van der Waals surface area contributed by atoms with E-state index in [1.807, 2.05) is 31.2 Å². The van der Waals surface area contributed by atoms with Crippen molar-refractivity contribution in [3.63, 3.8) is 0 Å². The number of ether oxygens (including phenoxy) is 2. The molecule has 1 aromatic carbocycles. The topological polar surface area (TPSA) is 81.8 Å². The van der Waals surface area contributed by atoms with Crippen molar-refractivity contribution in [2.24, 2.45) is 4.99 Å². The highest BCUT2D eigenvalue weighted by molar-refractivity contribution is 7.15. The highest BCUT2D eigenvalue weighted by atomic mass is 35.5. The molecule has 8 nitrogen and oxygen atoms in total. The minimum absolute atomic E-state index is 0.216. The Morgan fingerprint density at radius 3 is 2.70 bits per heavy atom. The van der Waals surface area contributed by atoms with Crippen LogP contribution in [0.25, 0.3) is 5.00 Å². The first-order valence-electron chi connectivity index (χ1n) is 12.9. The standard InChI is InChI=1S/C27H32ClN5O3S/c1-19-30-31-24-18-29-25(21-10-6-7-11-23(21)28)22-17-20(37-26(22)33(19)24)9-5-3-2-4-8-14-36-27(34)32-12-15-35-16-13-32/h6-7,10-11,17H,2-5,8-9,12-16,18H2,1H3. The number of unbranched alkanes of at least 4 members (excludes halogenated alkanes) is 4. The molecular weight excluding hydrogens is 510 g/mol. The monoisotopic (exact) mass is 541 g/mol. The van der Waals surface area contributed by atoms with E-state index in [0.29, 0.717) is 44.5 Å². The number of aryl methyl sites for hydroxylation is 2. The van der Waals surface area contributed by atoms with E-state index in [0.717, 1.165) is 72.0 Å². The molecule has 10 heteroatoms. The molecule has 0 radical (unpaired) electrons. The molecule has 0 N–H and O–H groups in total. The summed E-state index contributed by atoms with van der Waals surface area (Å²) in [6.45, 7) is 5.37. The summed E-state index contributed by atoms with van der Waals surface area (Å²) in [6.07, 6.45) is 6.13. The lowest BCUT2D eigenvalue weighted by Crippen LogP contribution is -2.41. The van der Waals surface area contributed by atoms with Crippen molar-refractivity contribution in [2.75, 3.05) is 32.9 Å². The molecule has 4 heterocycles. The van der Waals surface area contributed by atoms with Gasteiger partial charge in [-0.3, -0.25) is 9.56 Å². The van der Waals surface area contributed by atoms with Gasteiger partial charge in [-0.2, -0.15) is 0 Å². The van der Waals surface area contributed by atoms with E-state index in [1.165, 1.54) is 4.88 Å². The predicted octanol–water partition coefficient (Wildman–Crippen LogP) is 5.60. The number of carbonyl (C=O) groups excluding carboxylic acids is 1. The van der Waals surface area contributed by atoms with Crippen molar-refractivity contribution in [3.05, 3.63) is 63.0 Å². The third-order valence-corrected chi connectivity index (χ3v) is 8.19. The molecule has 1 fully saturated rings. The smallest absolute Gasteiger partial charge is 0.409 e. The van der Waals surface area contributed by atoms with E-state index >= 15 is 0 Å². The predicted molar refractivity (Wildman–Crippen MR) is 145 cm³/mol. The first-order chi connectivity index (χ1) is 18.1. The molecular formula is C27H32ClN5O3S. The van der Waals surface area contributed by atoms with Crippen LogP contribution in [0, 0.1) is 6.92 Å². The summed E-state index contributed by atoms with van der Waals surface area (Å²) < 4.78 is 12.8. The minimum Gasteiger partial charge on any atom is -0.449 e. The van der Waals surface area contributed by atoms with Gasteiger partial charge in [0, 0.05) is 34.1 Å². The number of halogens is 1. The first-order valence-corrected chi connectivity index (χ1v) is 14.1. The highest BCUT2D eigenvalue weighted by Gasteiger charge is 2.25. The molecule has 0 bridgehead atoms. The Morgan fingerprint density at radius 1 is 1.08 bits per heavy atom. The van der Waals surface area contributed by atoms with Gasteiger partial charge < -0.3 is 14.4 Å². The molecule has 3 aromatic rings. The number of benzene rings is 1. The van der Waals surface area contributed by atoms with Crippen LogP contribution in [0.1, 0.15) is 59.8 Å². The van der Waals surface area contributed by atoms with E-state index in [2.05, 4.69) is 20.8 Å². The average molecular weight is 542 g/mol. The van der Waals surface area contributed by atoms with E-state index in [9.17, 15) is 4.79 Å². The Morgan fingerprint density at radius 2 is 1.86 bits per heavy atom. The second-order valence-electron chi connectivity index (χ2n) is 9.31. The van der Waals surface area contributed by atoms with Crippen molar-refractivity contribution in [3.8, 4) is 5.00 Å². The Hall–Kier alpha value is -2.75. The maximum atomic E-state index is 12.0. The Bertz CT molecular complexity index is 1260. The fraction of sp³-hybridized carbons (Fsp3) is 0.481. The number of fused-ring (bicyclic) bond motifs is 3. The number of hydrogen-bond donors (Lipinski definition) is 0. The fourth-order valence-corrected chi connectivity index (χ4v) is 6.20. The molecule has 0 aliphatic carbocycles. The van der Waals surface area contributed by atoms with Gasteiger partial charge in [0.1, 0.15) is 17.4 Å². The van der Waals surface area contributed by atoms with Crippen LogP contribution in [0.2, 0.25) is 5.02 Å². The maximum absolute atomic E-state index is 12.0. The molecule has 2 aromatic heterocycles. The molecule has 0 atom stereocenters. The third-order valence-electron chi connectivity index (χ3n) is 6.68. The zero-order chi connectivity index (χ0) is 25.6. The zero-order valence-electron chi connectivity index (χ0n) is 21.1. The van der Waals surface area contributed by atoms with E-state index in [-0.39, 0.29) is 6.09 Å². The van der Waals surface area contributed by atoms with Crippen LogP contribution in [0.15, 0.2) is 35.3 Å². The molecule has 0 saturated carbocycles. The van der Waals surface area contributed by atoms with Gasteiger partial charge in [-0.25, -0.2) is 4.79 Å². The van der Waals surface area contributed by atoms with Crippen LogP contribution >= 0.6 is 22.9 Å². The lowest BCUT2D eigenvalue weighted by molar-refractivity contribution is 0.0268. The number of thiophene rings is 1. The number of amides is 1. The summed E-state index contributed by atoms with van der Waals surface area (Å²) in [7, 11) is 0. The van der Waals surface area contributed by atoms with Crippen molar-refractivity contribution in [1.82, 2.24) is 19.7 Å². The SMILES string of the molecule is Cc1nnc2n1-c1sc(CCCCCCCOC(=O)N3CCOCC3)cc1C(c1ccccc1Cl)=NC2. The van der Waals surface area contributed by atoms with Crippen molar-refractivity contribution >= 4 is 34.7 Å². The van der Waals surface area contributed by atoms with Gasteiger partial charge in [0.25, 0.3) is 0 Å². The van der Waals surface area contributed by atoms with Gasteiger partial charge in [-0.05, 0) is 38.3 Å². The fourth-order valence-electron chi connectivity index (χ4n) is 4.71. The van der Waals surface area contributed by atoms with Gasteiger partial charge >= 0.3 is 6.09 Å². The summed E-state index contributed by atoms with van der Waals surface area (Å²) in [5.41, 5.74) is 2.96. The third kappa shape index (κ3) is 6.05. The van der Waals surface area contributed by atoms with Crippen LogP contribution in [-0.2, 0) is 22.4 Å². The maximum Gasteiger partial charge on any atom is 0.409 e. The summed E-state index contributed by atoms with van der Waals surface area (Å²) in [5.74, 6) is 1.72. The van der Waals surface area contributed by atoms with Crippen molar-refractivity contribution < 1.29 is 14.3 Å². The van der Waals surface area contributed by atoms with Crippen LogP contribution in [0.5, 0.6) is 0 Å². The van der Waals surface area contributed by atoms with Gasteiger partial charge in [-0.1, -0.05) is 49.1 Å². The minimum atomic E-state index is -0.216. The lowest BCUT2D eigenvalue weighted by Gasteiger charge is -2.25. The summed E-state index contributed by atoms with van der Waals surface area (Å²) in [5, 5.41) is 10.5. The molecule has 2 aliphatic heterocycles. The zero-order valence-corrected chi connectivity index (χ0v) is 22.7. The second kappa shape index (κ2) is 12.2. The number of carbonyl (C=O) groups is 1. The van der Waals surface area contributed by atoms with Crippen LogP contribution in [-0.4, -0.2) is 64.4 Å². The van der Waals surface area contributed by atoms with Gasteiger partial charge in [0.2, 0.25) is 0 Å². The Kier molecular flexibility index (Phi) is 8.53. The molecule has 0 unspecified atom stereocenters. The van der Waals surface area contributed by atoms with Crippen molar-refractivity contribution in [2.45, 2.75) is 52.0 Å². The van der Waals surface area contributed by atoms with E-state index in [1.54, 1.807) is 16.2 Å². The Labute approximate surface area is 226 Å². The van der Waals surface area contributed by atoms with E-state index < -0.39 is 0 Å². The molecule has 1 amide bonds. The number of aromatic nitrogens is 3. The average Bonchev–Trinajstić information content (AvgIpc) is 3.45. The number of hydrogen-bond acceptors (Lipinski definition) is 7. The number of nitrogens with zero attached hydrogens (tertiary/aromatic N) is 5. The number of aliphatic imine (C=N–C) groups is 1. The second-order valence-corrected chi connectivity index (χ2v) is 10.8. The van der Waals surface area contributed by atoms with E-state index in [4.69, 9.17) is 26.1 Å². The quantitative estimate of drug-likeness (QED) is 0.329. The summed E-state index contributed by atoms with van der Waals surface area (Å²) >= 11 is 8.36. The molecule has 5 rings (SSSR count). The molecule has 37 heavy (non-hydrogen) atoms. The normalized spacial score (nSPS) is 15.1. The largest absolute Gasteiger partial charge is 0.449 e.